The van der Waals surface area contributed by atoms with Crippen LogP contribution in [0.2, 0.25) is 0 Å². The van der Waals surface area contributed by atoms with Crippen molar-refractivity contribution in [1.29, 1.82) is 0 Å². The molecule has 1 aliphatic carbocycles. The molecule has 3 heteroatoms. The second kappa shape index (κ2) is 6.99. The minimum absolute atomic E-state index is 0.0971. The number of hydrogen-bond acceptors (Lipinski definition) is 2. The van der Waals surface area contributed by atoms with E-state index in [0.717, 1.165) is 5.46 Å². The van der Waals surface area contributed by atoms with E-state index in [-0.39, 0.29) is 23.7 Å². The summed E-state index contributed by atoms with van der Waals surface area (Å²) in [6.45, 7) is 15.3. The van der Waals surface area contributed by atoms with Gasteiger partial charge in [-0.05, 0) is 75.2 Å². The standard InChI is InChI=1S/C26H35BO2/c1-8-14-26(15-9-2)22-16-18(3)10-12-20(22)21-13-11-19(17-23(21)26)27-28-24(4,5)25(6,7)29-27/h10-13,16-17H,8-9,14-15H2,1-7H3. The molecule has 0 N–H and O–H groups in total. The van der Waals surface area contributed by atoms with Crippen LogP contribution in [-0.2, 0) is 14.7 Å². The van der Waals surface area contributed by atoms with E-state index < -0.39 is 0 Å². The van der Waals surface area contributed by atoms with Crippen LogP contribution in [0.15, 0.2) is 36.4 Å². The average molecular weight is 390 g/mol. The quantitative estimate of drug-likeness (QED) is 0.569. The van der Waals surface area contributed by atoms with E-state index in [9.17, 15) is 0 Å². The Morgan fingerprint density at radius 2 is 1.28 bits per heavy atom. The third-order valence-electron chi connectivity index (χ3n) is 7.42. The maximum atomic E-state index is 6.37. The second-order valence-electron chi connectivity index (χ2n) is 10.0. The summed E-state index contributed by atoms with van der Waals surface area (Å²) in [5.74, 6) is 0. The number of benzene rings is 2. The molecule has 0 saturated carbocycles. The van der Waals surface area contributed by atoms with Crippen LogP contribution in [0, 0.1) is 6.92 Å². The smallest absolute Gasteiger partial charge is 0.399 e. The molecule has 2 aromatic carbocycles. The van der Waals surface area contributed by atoms with Crippen LogP contribution in [0.3, 0.4) is 0 Å². The minimum Gasteiger partial charge on any atom is -0.399 e. The summed E-state index contributed by atoms with van der Waals surface area (Å²) in [6.07, 6.45) is 4.70. The van der Waals surface area contributed by atoms with Gasteiger partial charge in [-0.3, -0.25) is 0 Å². The molecule has 0 spiro atoms. The van der Waals surface area contributed by atoms with Gasteiger partial charge in [0.15, 0.2) is 0 Å². The molecule has 4 rings (SSSR count). The lowest BCUT2D eigenvalue weighted by atomic mass is 9.69. The maximum Gasteiger partial charge on any atom is 0.494 e. The molecule has 0 unspecified atom stereocenters. The van der Waals surface area contributed by atoms with Crippen molar-refractivity contribution in [3.63, 3.8) is 0 Å². The van der Waals surface area contributed by atoms with Crippen LogP contribution in [0.25, 0.3) is 11.1 Å². The highest BCUT2D eigenvalue weighted by Gasteiger charge is 2.52. The third-order valence-corrected chi connectivity index (χ3v) is 7.42. The summed E-state index contributed by atoms with van der Waals surface area (Å²) in [5, 5.41) is 0. The van der Waals surface area contributed by atoms with Crippen molar-refractivity contribution in [2.45, 2.75) is 90.8 Å². The van der Waals surface area contributed by atoms with E-state index in [1.54, 1.807) is 0 Å². The van der Waals surface area contributed by atoms with E-state index in [0.29, 0.717) is 0 Å². The van der Waals surface area contributed by atoms with E-state index in [4.69, 9.17) is 9.31 Å². The van der Waals surface area contributed by atoms with Crippen LogP contribution in [0.5, 0.6) is 0 Å². The predicted octanol–water partition coefficient (Wildman–Crippen LogP) is 6.16. The van der Waals surface area contributed by atoms with Gasteiger partial charge in [0.05, 0.1) is 11.2 Å². The van der Waals surface area contributed by atoms with E-state index >= 15 is 0 Å². The second-order valence-corrected chi connectivity index (χ2v) is 10.0. The van der Waals surface area contributed by atoms with Gasteiger partial charge in [-0.1, -0.05) is 68.7 Å². The van der Waals surface area contributed by atoms with E-state index in [2.05, 4.69) is 84.9 Å². The lowest BCUT2D eigenvalue weighted by Crippen LogP contribution is -2.41. The highest BCUT2D eigenvalue weighted by atomic mass is 16.7. The van der Waals surface area contributed by atoms with Gasteiger partial charge in [0.25, 0.3) is 0 Å². The summed E-state index contributed by atoms with van der Waals surface area (Å²) in [4.78, 5) is 0. The van der Waals surface area contributed by atoms with Crippen LogP contribution in [0.1, 0.15) is 83.9 Å². The Morgan fingerprint density at radius 3 is 1.83 bits per heavy atom. The number of rotatable bonds is 5. The van der Waals surface area contributed by atoms with Crippen molar-refractivity contribution in [3.8, 4) is 11.1 Å². The molecule has 0 bridgehead atoms. The molecular weight excluding hydrogens is 355 g/mol. The molecule has 0 aromatic heterocycles. The van der Waals surface area contributed by atoms with Crippen molar-refractivity contribution in [3.05, 3.63) is 53.1 Å². The molecule has 2 nitrogen and oxygen atoms in total. The molecule has 1 fully saturated rings. The van der Waals surface area contributed by atoms with Gasteiger partial charge in [-0.25, -0.2) is 0 Å². The Labute approximate surface area is 177 Å². The number of hydrogen-bond donors (Lipinski definition) is 0. The molecule has 154 valence electrons. The SMILES string of the molecule is CCCC1(CCC)c2cc(C)ccc2-c2ccc(B3OC(C)(C)C(C)(C)O3)cc21. The monoisotopic (exact) mass is 390 g/mol. The molecule has 2 aromatic rings. The lowest BCUT2D eigenvalue weighted by Gasteiger charge is -2.32. The average Bonchev–Trinajstić information content (AvgIpc) is 3.03. The highest BCUT2D eigenvalue weighted by Crippen LogP contribution is 2.53. The largest absolute Gasteiger partial charge is 0.494 e. The van der Waals surface area contributed by atoms with Crippen molar-refractivity contribution < 1.29 is 9.31 Å². The summed E-state index contributed by atoms with van der Waals surface area (Å²) < 4.78 is 12.7. The summed E-state index contributed by atoms with van der Waals surface area (Å²) >= 11 is 0. The first kappa shape index (κ1) is 20.7. The zero-order valence-electron chi connectivity index (χ0n) is 19.2. The summed E-state index contributed by atoms with van der Waals surface area (Å²) in [6, 6.07) is 13.9. The van der Waals surface area contributed by atoms with Crippen molar-refractivity contribution in [2.75, 3.05) is 0 Å². The summed E-state index contributed by atoms with van der Waals surface area (Å²) in [7, 11) is -0.309. The first-order chi connectivity index (χ1) is 13.6. The molecule has 29 heavy (non-hydrogen) atoms. The van der Waals surface area contributed by atoms with Crippen LogP contribution in [0.4, 0.5) is 0 Å². The summed E-state index contributed by atoms with van der Waals surface area (Å²) in [5.41, 5.74) is 7.73. The third kappa shape index (κ3) is 3.09. The Hall–Kier alpha value is -1.58. The van der Waals surface area contributed by atoms with Gasteiger partial charge in [0.1, 0.15) is 0 Å². The number of aryl methyl sites for hydroxylation is 1. The Kier molecular flexibility index (Phi) is 4.99. The number of fused-ring (bicyclic) bond motifs is 3. The van der Waals surface area contributed by atoms with Crippen LogP contribution in [-0.4, -0.2) is 18.3 Å². The minimum atomic E-state index is -0.319. The molecule has 0 radical (unpaired) electrons. The Morgan fingerprint density at radius 1 is 0.759 bits per heavy atom. The molecule has 1 aliphatic heterocycles. The molecule has 1 saturated heterocycles. The fourth-order valence-electron chi connectivity index (χ4n) is 5.27. The molecular formula is C26H35BO2. The predicted molar refractivity (Wildman–Crippen MR) is 123 cm³/mol. The fourth-order valence-corrected chi connectivity index (χ4v) is 5.27. The van der Waals surface area contributed by atoms with Gasteiger partial charge >= 0.3 is 7.12 Å². The van der Waals surface area contributed by atoms with Gasteiger partial charge in [0.2, 0.25) is 0 Å². The van der Waals surface area contributed by atoms with Crippen molar-refractivity contribution >= 4 is 12.6 Å². The first-order valence-corrected chi connectivity index (χ1v) is 11.3. The van der Waals surface area contributed by atoms with E-state index in [1.165, 1.54) is 53.5 Å². The Balaban J connectivity index is 1.85. The lowest BCUT2D eigenvalue weighted by molar-refractivity contribution is 0.00578. The highest BCUT2D eigenvalue weighted by molar-refractivity contribution is 6.62. The fraction of sp³-hybridized carbons (Fsp3) is 0.538. The first-order valence-electron chi connectivity index (χ1n) is 11.3. The van der Waals surface area contributed by atoms with Crippen LogP contribution < -0.4 is 5.46 Å². The van der Waals surface area contributed by atoms with Crippen molar-refractivity contribution in [1.82, 2.24) is 0 Å². The maximum absolute atomic E-state index is 6.37. The van der Waals surface area contributed by atoms with Crippen LogP contribution >= 0.6 is 0 Å². The topological polar surface area (TPSA) is 18.5 Å². The molecule has 0 atom stereocenters. The van der Waals surface area contributed by atoms with Gasteiger partial charge < -0.3 is 9.31 Å². The Bertz CT molecular complexity index is 906. The molecule has 2 aliphatic rings. The molecule has 0 amide bonds. The van der Waals surface area contributed by atoms with Gasteiger partial charge in [-0.2, -0.15) is 0 Å². The van der Waals surface area contributed by atoms with Gasteiger partial charge in [0, 0.05) is 5.41 Å². The van der Waals surface area contributed by atoms with Gasteiger partial charge in [-0.15, -0.1) is 0 Å². The zero-order valence-corrected chi connectivity index (χ0v) is 19.2. The normalized spacial score (nSPS) is 20.6. The van der Waals surface area contributed by atoms with Crippen molar-refractivity contribution in [2.24, 2.45) is 0 Å². The molecule has 1 heterocycles. The zero-order chi connectivity index (χ0) is 21.0. The van der Waals surface area contributed by atoms with E-state index in [1.807, 2.05) is 0 Å².